The summed E-state index contributed by atoms with van der Waals surface area (Å²) in [6.45, 7) is 1.35. The third-order valence-corrected chi connectivity index (χ3v) is 2.37. The van der Waals surface area contributed by atoms with Crippen LogP contribution in [0.4, 0.5) is 0 Å². The van der Waals surface area contributed by atoms with E-state index in [4.69, 9.17) is 0 Å². The normalized spacial score (nSPS) is 27.1. The third-order valence-electron chi connectivity index (χ3n) is 1.14. The monoisotopic (exact) mass is 150 g/mol. The predicted molar refractivity (Wildman–Crippen MR) is 34.4 cm³/mol. The molecule has 9 heavy (non-hydrogen) atoms. The molecule has 0 unspecified atom stereocenters. The van der Waals surface area contributed by atoms with Gasteiger partial charge in [-0.3, -0.25) is 0 Å². The van der Waals surface area contributed by atoms with Gasteiger partial charge in [0.2, 0.25) is 10.0 Å². The fourth-order valence-electron chi connectivity index (χ4n) is 0.699. The molecule has 5 heteroatoms. The van der Waals surface area contributed by atoms with E-state index in [2.05, 4.69) is 10.0 Å². The quantitative estimate of drug-likeness (QED) is 0.459. The Morgan fingerprint density at radius 1 is 1.22 bits per heavy atom. The minimum atomic E-state index is -2.98. The van der Waals surface area contributed by atoms with Gasteiger partial charge in [-0.1, -0.05) is 0 Å². The Bertz CT molecular complexity index is 161. The molecule has 1 heterocycles. The minimum absolute atomic E-state index is 0.0625. The summed E-state index contributed by atoms with van der Waals surface area (Å²) in [5, 5.41) is 2.79. The summed E-state index contributed by atoms with van der Waals surface area (Å²) < 4.78 is 23.8. The smallest absolute Gasteiger partial charge is 0.224 e. The average Bonchev–Trinajstić information content (AvgIpc) is 1.92. The van der Waals surface area contributed by atoms with Crippen LogP contribution in [0.5, 0.6) is 0 Å². The zero-order valence-corrected chi connectivity index (χ0v) is 5.87. The lowest BCUT2D eigenvalue weighted by Gasteiger charge is -1.97. The first-order chi connectivity index (χ1) is 4.21. The number of nitrogens with one attached hydrogen (secondary N) is 2. The van der Waals surface area contributed by atoms with Crippen molar-refractivity contribution in [1.29, 1.82) is 0 Å². The molecule has 0 bridgehead atoms. The van der Waals surface area contributed by atoms with Gasteiger partial charge in [-0.15, -0.1) is 0 Å². The van der Waals surface area contributed by atoms with E-state index in [1.54, 1.807) is 0 Å². The highest BCUT2D eigenvalue weighted by Crippen LogP contribution is 1.86. The molecular formula is C4H10N2O2S. The van der Waals surface area contributed by atoms with Crippen LogP contribution < -0.4 is 10.0 Å². The Kier molecular flexibility index (Phi) is 2.05. The van der Waals surface area contributed by atoms with Crippen LogP contribution in [0, 0.1) is 0 Å². The summed E-state index contributed by atoms with van der Waals surface area (Å²) in [6.07, 6.45) is 0.874. The van der Waals surface area contributed by atoms with Gasteiger partial charge in [0.15, 0.2) is 0 Å². The highest BCUT2D eigenvalue weighted by atomic mass is 32.2. The van der Waals surface area contributed by atoms with E-state index in [0.29, 0.717) is 6.54 Å². The van der Waals surface area contributed by atoms with Crippen LogP contribution in [0.25, 0.3) is 0 Å². The van der Waals surface area contributed by atoms with Crippen LogP contribution in [-0.4, -0.2) is 27.4 Å². The topological polar surface area (TPSA) is 58.2 Å². The van der Waals surface area contributed by atoms with Crippen molar-refractivity contribution in [1.82, 2.24) is 10.0 Å². The van der Waals surface area contributed by atoms with Crippen molar-refractivity contribution in [2.75, 3.05) is 19.0 Å². The first kappa shape index (κ1) is 6.98. The molecule has 0 aliphatic carbocycles. The lowest BCUT2D eigenvalue weighted by atomic mass is 10.4. The maximum absolute atomic E-state index is 10.7. The molecular weight excluding hydrogens is 140 g/mol. The molecule has 4 nitrogen and oxygen atoms in total. The Hall–Kier alpha value is -0.130. The first-order valence-electron chi connectivity index (χ1n) is 2.89. The van der Waals surface area contributed by atoms with E-state index in [1.807, 2.05) is 0 Å². The molecule has 1 aliphatic heterocycles. The second kappa shape index (κ2) is 2.64. The van der Waals surface area contributed by atoms with Gasteiger partial charge in [-0.25, -0.2) is 13.1 Å². The van der Waals surface area contributed by atoms with E-state index in [1.165, 1.54) is 0 Å². The summed E-state index contributed by atoms with van der Waals surface area (Å²) in [6, 6.07) is 0. The van der Waals surface area contributed by atoms with Gasteiger partial charge in [0.25, 0.3) is 0 Å². The van der Waals surface area contributed by atoms with E-state index < -0.39 is 10.0 Å². The fraction of sp³-hybridized carbons (Fsp3) is 1.00. The molecule has 0 aromatic heterocycles. The number of rotatable bonds is 0. The second-order valence-corrected chi connectivity index (χ2v) is 3.81. The third kappa shape index (κ3) is 2.30. The molecule has 0 saturated carbocycles. The molecule has 0 amide bonds. The first-order valence-corrected chi connectivity index (χ1v) is 4.54. The van der Waals surface area contributed by atoms with Gasteiger partial charge in [-0.2, -0.15) is 0 Å². The van der Waals surface area contributed by atoms with Gasteiger partial charge in [0.1, 0.15) is 5.88 Å². The second-order valence-electron chi connectivity index (χ2n) is 2.01. The highest BCUT2D eigenvalue weighted by Gasteiger charge is 2.10. The molecule has 0 spiro atoms. The average molecular weight is 150 g/mol. The number of hydrogen-bond acceptors (Lipinski definition) is 3. The van der Waals surface area contributed by atoms with Crippen molar-refractivity contribution in [3.63, 3.8) is 0 Å². The zero-order valence-electron chi connectivity index (χ0n) is 5.05. The Morgan fingerprint density at radius 2 is 2.00 bits per heavy atom. The van der Waals surface area contributed by atoms with Crippen molar-refractivity contribution in [3.05, 3.63) is 0 Å². The van der Waals surface area contributed by atoms with Gasteiger partial charge in [-0.05, 0) is 13.0 Å². The van der Waals surface area contributed by atoms with Crippen molar-refractivity contribution in [3.8, 4) is 0 Å². The van der Waals surface area contributed by atoms with Crippen molar-refractivity contribution >= 4 is 10.0 Å². The van der Waals surface area contributed by atoms with Crippen LogP contribution in [0.2, 0.25) is 0 Å². The van der Waals surface area contributed by atoms with Crippen molar-refractivity contribution < 1.29 is 8.42 Å². The molecule has 1 fully saturated rings. The molecule has 0 atom stereocenters. The molecule has 1 saturated heterocycles. The van der Waals surface area contributed by atoms with E-state index in [9.17, 15) is 8.42 Å². The Morgan fingerprint density at radius 3 is 2.78 bits per heavy atom. The standard InChI is InChI=1S/C4H10N2O2S/c7-9(8)4-5-2-1-3-6-9/h5-6H,1-4H2. The Labute approximate surface area is 54.7 Å². The molecule has 0 radical (unpaired) electrons. The van der Waals surface area contributed by atoms with E-state index in [0.717, 1.165) is 13.0 Å². The lowest BCUT2D eigenvalue weighted by Crippen LogP contribution is -2.28. The largest absolute Gasteiger partial charge is 0.303 e. The molecule has 54 valence electrons. The van der Waals surface area contributed by atoms with Crippen LogP contribution >= 0.6 is 0 Å². The van der Waals surface area contributed by atoms with Crippen LogP contribution in [0.3, 0.4) is 0 Å². The van der Waals surface area contributed by atoms with E-state index >= 15 is 0 Å². The molecule has 0 aromatic rings. The zero-order chi connectivity index (χ0) is 6.74. The summed E-state index contributed by atoms with van der Waals surface area (Å²) in [5.41, 5.74) is 0. The SMILES string of the molecule is O=S1(=O)CNCCCN1. The lowest BCUT2D eigenvalue weighted by molar-refractivity contribution is 0.583. The molecule has 1 rings (SSSR count). The molecule has 2 N–H and O–H groups in total. The summed E-state index contributed by atoms with van der Waals surface area (Å²) in [5.74, 6) is 0.0625. The summed E-state index contributed by atoms with van der Waals surface area (Å²) in [4.78, 5) is 0. The van der Waals surface area contributed by atoms with Crippen molar-refractivity contribution in [2.24, 2.45) is 0 Å². The van der Waals surface area contributed by atoms with Gasteiger partial charge >= 0.3 is 0 Å². The number of sulfonamides is 1. The highest BCUT2D eigenvalue weighted by molar-refractivity contribution is 7.89. The van der Waals surface area contributed by atoms with Crippen LogP contribution in [-0.2, 0) is 10.0 Å². The van der Waals surface area contributed by atoms with Gasteiger partial charge in [0, 0.05) is 6.54 Å². The fourth-order valence-corrected chi connectivity index (χ4v) is 1.67. The summed E-state index contributed by atoms with van der Waals surface area (Å²) in [7, 11) is -2.98. The van der Waals surface area contributed by atoms with Crippen molar-refractivity contribution in [2.45, 2.75) is 6.42 Å². The Balaban J connectivity index is 2.56. The van der Waals surface area contributed by atoms with Crippen LogP contribution in [0.15, 0.2) is 0 Å². The maximum atomic E-state index is 10.7. The van der Waals surface area contributed by atoms with Gasteiger partial charge < -0.3 is 5.32 Å². The minimum Gasteiger partial charge on any atom is -0.303 e. The molecule has 0 aromatic carbocycles. The van der Waals surface area contributed by atoms with E-state index in [-0.39, 0.29) is 5.88 Å². The van der Waals surface area contributed by atoms with Gasteiger partial charge in [0.05, 0.1) is 0 Å². The number of hydrogen-bond donors (Lipinski definition) is 2. The predicted octanol–water partition coefficient (Wildman–Crippen LogP) is -1.14. The maximum Gasteiger partial charge on any atom is 0.224 e. The van der Waals surface area contributed by atoms with Crippen LogP contribution in [0.1, 0.15) is 6.42 Å². The molecule has 1 aliphatic rings. The summed E-state index contributed by atoms with van der Waals surface area (Å²) >= 11 is 0.